The van der Waals surface area contributed by atoms with Crippen molar-refractivity contribution in [3.63, 3.8) is 0 Å². The molecule has 1 fully saturated rings. The molecule has 0 radical (unpaired) electrons. The van der Waals surface area contributed by atoms with Crippen LogP contribution in [0, 0.1) is 5.92 Å². The lowest BCUT2D eigenvalue weighted by Gasteiger charge is -2.16. The summed E-state index contributed by atoms with van der Waals surface area (Å²) in [6, 6.07) is 0. The lowest BCUT2D eigenvalue weighted by atomic mass is 10.0. The molecule has 3 heteroatoms. The van der Waals surface area contributed by atoms with E-state index in [4.69, 9.17) is 0 Å². The SMILES string of the molecule is CN(CC=O)C(=O)CC1CCCC1. The van der Waals surface area contributed by atoms with Crippen LogP contribution in [-0.4, -0.2) is 30.7 Å². The Hall–Kier alpha value is -0.860. The van der Waals surface area contributed by atoms with Crippen LogP contribution in [-0.2, 0) is 9.59 Å². The molecule has 1 aliphatic rings. The van der Waals surface area contributed by atoms with Gasteiger partial charge in [0.2, 0.25) is 5.91 Å². The molecule has 0 bridgehead atoms. The monoisotopic (exact) mass is 183 g/mol. The number of carbonyl (C=O) groups excluding carboxylic acids is 2. The topological polar surface area (TPSA) is 37.4 Å². The first-order valence-electron chi connectivity index (χ1n) is 4.91. The Morgan fingerprint density at radius 2 is 2.08 bits per heavy atom. The quantitative estimate of drug-likeness (QED) is 0.615. The average molecular weight is 183 g/mol. The number of nitrogens with zero attached hydrogens (tertiary/aromatic N) is 1. The second kappa shape index (κ2) is 5.00. The lowest BCUT2D eigenvalue weighted by molar-refractivity contribution is -0.132. The van der Waals surface area contributed by atoms with Gasteiger partial charge in [-0.15, -0.1) is 0 Å². The van der Waals surface area contributed by atoms with Gasteiger partial charge in [-0.3, -0.25) is 4.79 Å². The van der Waals surface area contributed by atoms with Crippen molar-refractivity contribution >= 4 is 12.2 Å². The Balaban J connectivity index is 2.26. The highest BCUT2D eigenvalue weighted by molar-refractivity contribution is 5.78. The number of amides is 1. The molecule has 0 unspecified atom stereocenters. The highest BCUT2D eigenvalue weighted by Crippen LogP contribution is 2.27. The Morgan fingerprint density at radius 1 is 1.46 bits per heavy atom. The van der Waals surface area contributed by atoms with Gasteiger partial charge in [0.25, 0.3) is 0 Å². The molecule has 0 aliphatic heterocycles. The maximum atomic E-state index is 11.5. The van der Waals surface area contributed by atoms with Crippen LogP contribution < -0.4 is 0 Å². The molecule has 0 spiro atoms. The lowest BCUT2D eigenvalue weighted by Crippen LogP contribution is -2.29. The van der Waals surface area contributed by atoms with Gasteiger partial charge in [-0.1, -0.05) is 12.8 Å². The molecule has 0 aromatic carbocycles. The summed E-state index contributed by atoms with van der Waals surface area (Å²) >= 11 is 0. The van der Waals surface area contributed by atoms with E-state index in [9.17, 15) is 9.59 Å². The number of rotatable bonds is 4. The Morgan fingerprint density at radius 3 is 2.62 bits per heavy atom. The van der Waals surface area contributed by atoms with Crippen molar-refractivity contribution < 1.29 is 9.59 Å². The molecule has 13 heavy (non-hydrogen) atoms. The number of aldehydes is 1. The van der Waals surface area contributed by atoms with Crippen LogP contribution in [0.3, 0.4) is 0 Å². The standard InChI is InChI=1S/C10H17NO2/c1-11(6-7-12)10(13)8-9-4-2-3-5-9/h7,9H,2-6,8H2,1H3. The maximum Gasteiger partial charge on any atom is 0.222 e. The molecular weight excluding hydrogens is 166 g/mol. The molecular formula is C10H17NO2. The highest BCUT2D eigenvalue weighted by atomic mass is 16.2. The zero-order valence-electron chi connectivity index (χ0n) is 8.16. The van der Waals surface area contributed by atoms with E-state index < -0.39 is 0 Å². The van der Waals surface area contributed by atoms with Gasteiger partial charge in [0.05, 0.1) is 6.54 Å². The van der Waals surface area contributed by atoms with E-state index in [1.807, 2.05) is 0 Å². The number of carbonyl (C=O) groups is 2. The van der Waals surface area contributed by atoms with Crippen LogP contribution in [0.15, 0.2) is 0 Å². The summed E-state index contributed by atoms with van der Waals surface area (Å²) in [7, 11) is 1.69. The van der Waals surface area contributed by atoms with Gasteiger partial charge in [0, 0.05) is 13.5 Å². The van der Waals surface area contributed by atoms with E-state index in [0.717, 1.165) is 6.29 Å². The molecule has 1 aliphatic carbocycles. The summed E-state index contributed by atoms with van der Waals surface area (Å²) in [4.78, 5) is 23.1. The third-order valence-corrected chi connectivity index (χ3v) is 2.71. The molecule has 0 N–H and O–H groups in total. The zero-order valence-corrected chi connectivity index (χ0v) is 8.16. The zero-order chi connectivity index (χ0) is 9.68. The smallest absolute Gasteiger partial charge is 0.222 e. The number of hydrogen-bond acceptors (Lipinski definition) is 2. The van der Waals surface area contributed by atoms with Gasteiger partial charge in [-0.2, -0.15) is 0 Å². The largest absolute Gasteiger partial charge is 0.339 e. The minimum Gasteiger partial charge on any atom is -0.339 e. The van der Waals surface area contributed by atoms with Gasteiger partial charge >= 0.3 is 0 Å². The molecule has 0 heterocycles. The van der Waals surface area contributed by atoms with Crippen LogP contribution in [0.4, 0.5) is 0 Å². The Labute approximate surface area is 79.1 Å². The Kier molecular flexibility index (Phi) is 3.93. The predicted molar refractivity (Wildman–Crippen MR) is 50.3 cm³/mol. The van der Waals surface area contributed by atoms with Crippen molar-refractivity contribution in [1.82, 2.24) is 4.90 Å². The average Bonchev–Trinajstić information content (AvgIpc) is 2.57. The first-order chi connectivity index (χ1) is 6.24. The molecule has 0 aromatic heterocycles. The van der Waals surface area contributed by atoms with Crippen LogP contribution in [0.1, 0.15) is 32.1 Å². The second-order valence-electron chi connectivity index (χ2n) is 3.80. The van der Waals surface area contributed by atoms with Crippen LogP contribution in [0.5, 0.6) is 0 Å². The second-order valence-corrected chi connectivity index (χ2v) is 3.80. The van der Waals surface area contributed by atoms with Crippen LogP contribution in [0.2, 0.25) is 0 Å². The summed E-state index contributed by atoms with van der Waals surface area (Å²) in [6.45, 7) is 0.228. The molecule has 1 saturated carbocycles. The van der Waals surface area contributed by atoms with E-state index in [1.54, 1.807) is 7.05 Å². The van der Waals surface area contributed by atoms with Gasteiger partial charge in [0.15, 0.2) is 0 Å². The van der Waals surface area contributed by atoms with Gasteiger partial charge in [-0.05, 0) is 18.8 Å². The number of hydrogen-bond donors (Lipinski definition) is 0. The molecule has 0 saturated heterocycles. The fraction of sp³-hybridized carbons (Fsp3) is 0.800. The molecule has 74 valence electrons. The van der Waals surface area contributed by atoms with Gasteiger partial charge < -0.3 is 9.69 Å². The van der Waals surface area contributed by atoms with Crippen molar-refractivity contribution in [2.45, 2.75) is 32.1 Å². The van der Waals surface area contributed by atoms with E-state index in [2.05, 4.69) is 0 Å². The van der Waals surface area contributed by atoms with E-state index in [1.165, 1.54) is 30.6 Å². The fourth-order valence-electron chi connectivity index (χ4n) is 1.83. The van der Waals surface area contributed by atoms with Crippen molar-refractivity contribution in [2.24, 2.45) is 5.92 Å². The molecule has 3 nitrogen and oxygen atoms in total. The molecule has 0 atom stereocenters. The van der Waals surface area contributed by atoms with Crippen LogP contribution in [0.25, 0.3) is 0 Å². The fourth-order valence-corrected chi connectivity index (χ4v) is 1.83. The van der Waals surface area contributed by atoms with E-state index in [-0.39, 0.29) is 12.5 Å². The first-order valence-corrected chi connectivity index (χ1v) is 4.91. The highest BCUT2D eigenvalue weighted by Gasteiger charge is 2.19. The van der Waals surface area contributed by atoms with Crippen molar-refractivity contribution in [3.8, 4) is 0 Å². The third kappa shape index (κ3) is 3.17. The number of likely N-dealkylation sites (N-methyl/N-ethyl adjacent to an activating group) is 1. The maximum absolute atomic E-state index is 11.5. The summed E-state index contributed by atoms with van der Waals surface area (Å²) in [6.07, 6.45) is 6.28. The van der Waals surface area contributed by atoms with Gasteiger partial charge in [0.1, 0.15) is 6.29 Å². The summed E-state index contributed by atoms with van der Waals surface area (Å²) < 4.78 is 0. The van der Waals surface area contributed by atoms with Crippen molar-refractivity contribution in [3.05, 3.63) is 0 Å². The minimum absolute atomic E-state index is 0.110. The van der Waals surface area contributed by atoms with Crippen molar-refractivity contribution in [1.29, 1.82) is 0 Å². The minimum atomic E-state index is 0.110. The molecule has 1 rings (SSSR count). The van der Waals surface area contributed by atoms with Crippen molar-refractivity contribution in [2.75, 3.05) is 13.6 Å². The predicted octanol–water partition coefficient (Wildman–Crippen LogP) is 1.22. The Bertz CT molecular complexity index is 185. The third-order valence-electron chi connectivity index (χ3n) is 2.71. The summed E-state index contributed by atoms with van der Waals surface area (Å²) in [5.74, 6) is 0.681. The first kappa shape index (κ1) is 10.2. The molecule has 0 aromatic rings. The van der Waals surface area contributed by atoms with E-state index in [0.29, 0.717) is 12.3 Å². The molecule has 1 amide bonds. The normalized spacial score (nSPS) is 17.3. The van der Waals surface area contributed by atoms with Crippen LogP contribution >= 0.6 is 0 Å². The summed E-state index contributed by atoms with van der Waals surface area (Å²) in [5.41, 5.74) is 0. The summed E-state index contributed by atoms with van der Waals surface area (Å²) in [5, 5.41) is 0. The van der Waals surface area contributed by atoms with E-state index >= 15 is 0 Å². The van der Waals surface area contributed by atoms with Gasteiger partial charge in [-0.25, -0.2) is 0 Å².